The maximum Gasteiger partial charge on any atom is 0.416 e. The van der Waals surface area contributed by atoms with Crippen LogP contribution in [0.5, 0.6) is 5.75 Å². The van der Waals surface area contributed by atoms with Gasteiger partial charge in [-0.1, -0.05) is 23.9 Å². The summed E-state index contributed by atoms with van der Waals surface area (Å²) < 4.78 is 45.4. The summed E-state index contributed by atoms with van der Waals surface area (Å²) in [5.74, 6) is 0.839. The molecule has 0 radical (unpaired) electrons. The number of benzene rings is 2. The van der Waals surface area contributed by atoms with Crippen molar-refractivity contribution in [3.8, 4) is 22.8 Å². The van der Waals surface area contributed by atoms with Crippen LogP contribution < -0.4 is 10.2 Å². The number of thioether (sulfide) groups is 1. The monoisotopic (exact) mass is 526 g/mol. The van der Waals surface area contributed by atoms with E-state index < -0.39 is 17.6 Å². The summed E-state index contributed by atoms with van der Waals surface area (Å²) in [4.78, 5) is 16.5. The zero-order valence-electron chi connectivity index (χ0n) is 19.5. The molecule has 0 fully saturated rings. The third-order valence-corrected chi connectivity index (χ3v) is 5.86. The fourth-order valence-electron chi connectivity index (χ4n) is 3.24. The van der Waals surface area contributed by atoms with Gasteiger partial charge >= 0.3 is 6.18 Å². The van der Waals surface area contributed by atoms with Crippen molar-refractivity contribution in [1.82, 2.24) is 25.2 Å². The number of carbonyl (C=O) groups is 1. The Hall–Kier alpha value is -4.19. The number of nitrogens with one attached hydrogen (secondary N) is 1. The van der Waals surface area contributed by atoms with E-state index in [9.17, 15) is 18.0 Å². The molecular formula is C25H21F3N6O2S. The number of hydrogen-bond donors (Lipinski definition) is 1. The van der Waals surface area contributed by atoms with Crippen molar-refractivity contribution in [1.29, 1.82) is 0 Å². The summed E-state index contributed by atoms with van der Waals surface area (Å²) in [6, 6.07) is 15.5. The quantitative estimate of drug-likeness (QED) is 0.188. The molecule has 2 aromatic heterocycles. The van der Waals surface area contributed by atoms with E-state index in [0.717, 1.165) is 40.9 Å². The second-order valence-electron chi connectivity index (χ2n) is 7.51. The highest BCUT2D eigenvalue weighted by atomic mass is 32.2. The van der Waals surface area contributed by atoms with Crippen molar-refractivity contribution in [2.24, 2.45) is 5.10 Å². The van der Waals surface area contributed by atoms with E-state index in [-0.39, 0.29) is 5.75 Å². The van der Waals surface area contributed by atoms with Gasteiger partial charge in [0.2, 0.25) is 0 Å². The first-order chi connectivity index (χ1) is 17.8. The summed E-state index contributed by atoms with van der Waals surface area (Å²) in [5.41, 5.74) is 3.55. The lowest BCUT2D eigenvalue weighted by Crippen LogP contribution is -2.20. The van der Waals surface area contributed by atoms with Crippen LogP contribution in [0.1, 0.15) is 18.1 Å². The number of halogens is 3. The number of amides is 1. The minimum Gasteiger partial charge on any atom is -0.494 e. The zero-order valence-corrected chi connectivity index (χ0v) is 20.3. The van der Waals surface area contributed by atoms with Crippen molar-refractivity contribution in [3.05, 3.63) is 84.2 Å². The molecule has 0 bridgehead atoms. The van der Waals surface area contributed by atoms with Gasteiger partial charge in [0.1, 0.15) is 5.75 Å². The Morgan fingerprint density at radius 1 is 1.11 bits per heavy atom. The van der Waals surface area contributed by atoms with Crippen LogP contribution in [0.3, 0.4) is 0 Å². The van der Waals surface area contributed by atoms with E-state index >= 15 is 0 Å². The normalized spacial score (nSPS) is 11.6. The van der Waals surface area contributed by atoms with Crippen LogP contribution >= 0.6 is 11.8 Å². The maximum absolute atomic E-state index is 12.7. The van der Waals surface area contributed by atoms with Crippen LogP contribution in [0.15, 0.2) is 83.3 Å². The Balaban J connectivity index is 1.46. The molecule has 0 aliphatic heterocycles. The average molecular weight is 527 g/mol. The lowest BCUT2D eigenvalue weighted by molar-refractivity contribution is -0.137. The molecule has 0 atom stereocenters. The highest BCUT2D eigenvalue weighted by molar-refractivity contribution is 7.99. The number of aromatic nitrogens is 4. The van der Waals surface area contributed by atoms with Crippen molar-refractivity contribution >= 4 is 23.9 Å². The topological polar surface area (TPSA) is 94.3 Å². The maximum atomic E-state index is 12.7. The summed E-state index contributed by atoms with van der Waals surface area (Å²) in [6.45, 7) is 2.45. The largest absolute Gasteiger partial charge is 0.494 e. The third-order valence-electron chi connectivity index (χ3n) is 4.93. The van der Waals surface area contributed by atoms with Gasteiger partial charge in [-0.2, -0.15) is 18.3 Å². The van der Waals surface area contributed by atoms with E-state index in [2.05, 4.69) is 25.7 Å². The second-order valence-corrected chi connectivity index (χ2v) is 8.45. The minimum atomic E-state index is -4.41. The van der Waals surface area contributed by atoms with Crippen molar-refractivity contribution in [2.45, 2.75) is 18.3 Å². The predicted octanol–water partition coefficient (Wildman–Crippen LogP) is 4.99. The Bertz CT molecular complexity index is 1360. The smallest absolute Gasteiger partial charge is 0.416 e. The molecule has 2 aromatic carbocycles. The number of ether oxygens (including phenoxy) is 1. The van der Waals surface area contributed by atoms with Crippen molar-refractivity contribution < 1.29 is 22.7 Å². The lowest BCUT2D eigenvalue weighted by Gasteiger charge is -2.11. The number of hydrogen-bond acceptors (Lipinski definition) is 7. The molecule has 4 rings (SSSR count). The van der Waals surface area contributed by atoms with Gasteiger partial charge in [0.15, 0.2) is 11.0 Å². The van der Waals surface area contributed by atoms with Crippen molar-refractivity contribution in [3.63, 3.8) is 0 Å². The van der Waals surface area contributed by atoms with Gasteiger partial charge in [-0.15, -0.1) is 10.2 Å². The SMILES string of the molecule is CCOc1ccc(-n2c(SCC(=O)NN=Cc3ccc(C(F)(F)F)cc3)nnc2-c2cccnc2)cc1. The molecule has 190 valence electrons. The minimum absolute atomic E-state index is 0.0213. The summed E-state index contributed by atoms with van der Waals surface area (Å²) in [5, 5.41) is 12.9. The fraction of sp³-hybridized carbons (Fsp3) is 0.160. The van der Waals surface area contributed by atoms with Crippen LogP contribution in [-0.4, -0.2) is 44.2 Å². The fourth-order valence-corrected chi connectivity index (χ4v) is 3.98. The van der Waals surface area contributed by atoms with E-state index in [1.807, 2.05) is 41.8 Å². The molecule has 0 spiro atoms. The number of pyridine rings is 1. The van der Waals surface area contributed by atoms with Gasteiger partial charge in [0.05, 0.1) is 24.1 Å². The molecular weight excluding hydrogens is 505 g/mol. The highest BCUT2D eigenvalue weighted by Gasteiger charge is 2.29. The van der Waals surface area contributed by atoms with Crippen molar-refractivity contribution in [2.75, 3.05) is 12.4 Å². The van der Waals surface area contributed by atoms with E-state index in [1.54, 1.807) is 18.5 Å². The second kappa shape index (κ2) is 11.7. The van der Waals surface area contributed by atoms with Crippen LogP contribution in [0.2, 0.25) is 0 Å². The zero-order chi connectivity index (χ0) is 26.3. The Labute approximate surface area is 214 Å². The summed E-state index contributed by atoms with van der Waals surface area (Å²) >= 11 is 1.16. The van der Waals surface area contributed by atoms with E-state index in [1.165, 1.54) is 18.3 Å². The Kier molecular flexibility index (Phi) is 8.18. The molecule has 8 nitrogen and oxygen atoms in total. The van der Waals surface area contributed by atoms with Crippen LogP contribution in [0.25, 0.3) is 17.1 Å². The number of rotatable bonds is 9. The number of nitrogens with zero attached hydrogens (tertiary/aromatic N) is 5. The van der Waals surface area contributed by atoms with E-state index in [4.69, 9.17) is 4.74 Å². The van der Waals surface area contributed by atoms with Gasteiger partial charge in [-0.05, 0) is 61.0 Å². The van der Waals surface area contributed by atoms with Gasteiger partial charge in [-0.3, -0.25) is 14.3 Å². The predicted molar refractivity (Wildman–Crippen MR) is 134 cm³/mol. The first-order valence-electron chi connectivity index (χ1n) is 11.1. The molecule has 1 N–H and O–H groups in total. The number of alkyl halides is 3. The molecule has 0 aliphatic rings. The Morgan fingerprint density at radius 3 is 2.51 bits per heavy atom. The van der Waals surface area contributed by atoms with Crippen LogP contribution in [0, 0.1) is 0 Å². The highest BCUT2D eigenvalue weighted by Crippen LogP contribution is 2.29. The van der Waals surface area contributed by atoms with Gasteiger partial charge in [0, 0.05) is 23.6 Å². The Morgan fingerprint density at radius 2 is 1.86 bits per heavy atom. The first kappa shape index (κ1) is 25.9. The van der Waals surface area contributed by atoms with Crippen LogP contribution in [-0.2, 0) is 11.0 Å². The third kappa shape index (κ3) is 6.73. The standard InChI is InChI=1S/C25H21F3N6O2S/c1-2-36-21-11-9-20(10-12-21)34-23(18-4-3-13-29-15-18)32-33-24(34)37-16-22(35)31-30-14-17-5-7-19(8-6-17)25(26,27)28/h3-15H,2,16H2,1H3,(H,31,35). The molecule has 1 amide bonds. The van der Waals surface area contributed by atoms with Gasteiger partial charge in [0.25, 0.3) is 5.91 Å². The molecule has 4 aromatic rings. The molecule has 12 heteroatoms. The molecule has 0 unspecified atom stereocenters. The van der Waals surface area contributed by atoms with Gasteiger partial charge in [-0.25, -0.2) is 5.43 Å². The average Bonchev–Trinajstić information content (AvgIpc) is 3.32. The summed E-state index contributed by atoms with van der Waals surface area (Å²) in [7, 11) is 0. The van der Waals surface area contributed by atoms with Crippen LogP contribution in [0.4, 0.5) is 13.2 Å². The molecule has 0 saturated carbocycles. The first-order valence-corrected chi connectivity index (χ1v) is 12.0. The number of hydrazone groups is 1. The molecule has 2 heterocycles. The van der Waals surface area contributed by atoms with Gasteiger partial charge < -0.3 is 4.74 Å². The number of carbonyl (C=O) groups excluding carboxylic acids is 1. The summed E-state index contributed by atoms with van der Waals surface area (Å²) in [6.07, 6.45) is 0.189. The van der Waals surface area contributed by atoms with E-state index in [0.29, 0.717) is 23.2 Å². The molecule has 0 saturated heterocycles. The lowest BCUT2D eigenvalue weighted by atomic mass is 10.1. The molecule has 0 aliphatic carbocycles. The molecule has 37 heavy (non-hydrogen) atoms.